The Labute approximate surface area is 141 Å². The average Bonchev–Trinajstić information content (AvgIpc) is 3.01. The third-order valence-corrected chi connectivity index (χ3v) is 6.01. The summed E-state index contributed by atoms with van der Waals surface area (Å²) in [6, 6.07) is 21.8. The number of fused-ring (bicyclic) bond motifs is 6. The van der Waals surface area contributed by atoms with E-state index >= 15 is 0 Å². The molecule has 0 saturated carbocycles. The summed E-state index contributed by atoms with van der Waals surface area (Å²) in [7, 11) is 0. The SMILES string of the molecule is SC1c2ccccc2-c2cc3c(cc21)-c1ccccc1C3S. The predicted molar refractivity (Wildman–Crippen MR) is 99.0 cm³/mol. The van der Waals surface area contributed by atoms with Gasteiger partial charge in [0, 0.05) is 0 Å². The van der Waals surface area contributed by atoms with Gasteiger partial charge in [0.2, 0.25) is 0 Å². The summed E-state index contributed by atoms with van der Waals surface area (Å²) in [4.78, 5) is 0. The number of hydrogen-bond donors (Lipinski definition) is 2. The van der Waals surface area contributed by atoms with Crippen LogP contribution in [0.4, 0.5) is 0 Å². The fraction of sp³-hybridized carbons (Fsp3) is 0.100. The van der Waals surface area contributed by atoms with Crippen molar-refractivity contribution in [2.24, 2.45) is 0 Å². The molecule has 0 spiro atoms. The van der Waals surface area contributed by atoms with Crippen molar-refractivity contribution in [3.63, 3.8) is 0 Å². The molecule has 0 nitrogen and oxygen atoms in total. The van der Waals surface area contributed by atoms with Crippen LogP contribution in [0.1, 0.15) is 32.8 Å². The summed E-state index contributed by atoms with van der Waals surface area (Å²) in [5.74, 6) is 0. The van der Waals surface area contributed by atoms with E-state index in [1.165, 1.54) is 44.5 Å². The van der Waals surface area contributed by atoms with Crippen LogP contribution in [-0.2, 0) is 0 Å². The molecule has 0 aromatic heterocycles. The highest BCUT2D eigenvalue weighted by molar-refractivity contribution is 7.81. The maximum atomic E-state index is 4.87. The normalized spacial score (nSPS) is 20.3. The zero-order chi connectivity index (χ0) is 14.8. The molecule has 0 fully saturated rings. The first kappa shape index (κ1) is 12.9. The molecule has 3 aromatic rings. The number of hydrogen-bond acceptors (Lipinski definition) is 2. The Hall–Kier alpha value is -1.64. The van der Waals surface area contributed by atoms with Gasteiger partial charge in [-0.25, -0.2) is 0 Å². The molecule has 2 aliphatic carbocycles. The summed E-state index contributed by atoms with van der Waals surface area (Å²) in [5.41, 5.74) is 10.5. The molecule has 0 heterocycles. The van der Waals surface area contributed by atoms with E-state index < -0.39 is 0 Å². The number of benzene rings is 3. The average molecular weight is 318 g/mol. The van der Waals surface area contributed by atoms with E-state index in [9.17, 15) is 0 Å². The summed E-state index contributed by atoms with van der Waals surface area (Å²) in [5, 5.41) is 0.338. The van der Waals surface area contributed by atoms with Crippen molar-refractivity contribution in [2.45, 2.75) is 10.5 Å². The minimum atomic E-state index is 0.169. The van der Waals surface area contributed by atoms with E-state index in [0.717, 1.165) is 0 Å². The van der Waals surface area contributed by atoms with Gasteiger partial charge in [0.1, 0.15) is 0 Å². The van der Waals surface area contributed by atoms with E-state index in [4.69, 9.17) is 25.3 Å². The quantitative estimate of drug-likeness (QED) is 0.489. The highest BCUT2D eigenvalue weighted by Crippen LogP contribution is 2.53. The van der Waals surface area contributed by atoms with Crippen LogP contribution < -0.4 is 0 Å². The van der Waals surface area contributed by atoms with E-state index in [2.05, 4.69) is 60.7 Å². The molecular weight excluding hydrogens is 304 g/mol. The Morgan fingerprint density at radius 2 is 0.909 bits per heavy atom. The zero-order valence-corrected chi connectivity index (χ0v) is 13.6. The number of rotatable bonds is 0. The van der Waals surface area contributed by atoms with Crippen LogP contribution in [0.5, 0.6) is 0 Å². The third-order valence-electron chi connectivity index (χ3n) is 4.90. The molecule has 3 aromatic carbocycles. The van der Waals surface area contributed by atoms with Gasteiger partial charge in [-0.2, -0.15) is 25.3 Å². The summed E-state index contributed by atoms with van der Waals surface area (Å²) in [6.45, 7) is 0. The Morgan fingerprint density at radius 1 is 0.500 bits per heavy atom. The van der Waals surface area contributed by atoms with Crippen molar-refractivity contribution in [3.05, 3.63) is 82.9 Å². The Bertz CT molecular complexity index is 849. The highest BCUT2D eigenvalue weighted by Gasteiger charge is 2.32. The molecule has 0 amide bonds. The second-order valence-corrected chi connectivity index (χ2v) is 7.04. The molecule has 2 aliphatic rings. The van der Waals surface area contributed by atoms with Gasteiger partial charge in [0.15, 0.2) is 0 Å². The van der Waals surface area contributed by atoms with Crippen molar-refractivity contribution in [1.82, 2.24) is 0 Å². The lowest BCUT2D eigenvalue weighted by Crippen LogP contribution is -1.90. The van der Waals surface area contributed by atoms with Crippen LogP contribution in [-0.4, -0.2) is 0 Å². The number of thiol groups is 2. The molecule has 106 valence electrons. The predicted octanol–water partition coefficient (Wildman–Crippen LogP) is 5.69. The summed E-state index contributed by atoms with van der Waals surface area (Å²) in [6.07, 6.45) is 0. The smallest absolute Gasteiger partial charge is 0.0528 e. The third kappa shape index (κ3) is 1.52. The molecule has 0 saturated heterocycles. The Kier molecular flexibility index (Phi) is 2.59. The van der Waals surface area contributed by atoms with E-state index in [-0.39, 0.29) is 10.5 Å². The van der Waals surface area contributed by atoms with Crippen LogP contribution in [0.25, 0.3) is 22.3 Å². The first-order chi connectivity index (χ1) is 10.8. The van der Waals surface area contributed by atoms with Crippen molar-refractivity contribution in [3.8, 4) is 22.3 Å². The van der Waals surface area contributed by atoms with Crippen molar-refractivity contribution in [2.75, 3.05) is 0 Å². The molecule has 5 rings (SSSR count). The van der Waals surface area contributed by atoms with Crippen LogP contribution in [0, 0.1) is 0 Å². The Balaban J connectivity index is 1.81. The first-order valence-corrected chi connectivity index (χ1v) is 8.51. The Morgan fingerprint density at radius 3 is 1.36 bits per heavy atom. The molecule has 2 unspecified atom stereocenters. The van der Waals surface area contributed by atoms with E-state index in [0.29, 0.717) is 0 Å². The lowest BCUT2D eigenvalue weighted by Gasteiger charge is -2.10. The van der Waals surface area contributed by atoms with Gasteiger partial charge < -0.3 is 0 Å². The maximum absolute atomic E-state index is 4.87. The van der Waals surface area contributed by atoms with Gasteiger partial charge >= 0.3 is 0 Å². The maximum Gasteiger partial charge on any atom is 0.0528 e. The second kappa shape index (κ2) is 4.43. The fourth-order valence-corrected chi connectivity index (χ4v) is 4.73. The van der Waals surface area contributed by atoms with E-state index in [1.54, 1.807) is 0 Å². The van der Waals surface area contributed by atoms with Crippen LogP contribution >= 0.6 is 25.3 Å². The van der Waals surface area contributed by atoms with Gasteiger partial charge in [-0.3, -0.25) is 0 Å². The lowest BCUT2D eigenvalue weighted by molar-refractivity contribution is 1.21. The van der Waals surface area contributed by atoms with Crippen LogP contribution in [0.15, 0.2) is 60.7 Å². The van der Waals surface area contributed by atoms with E-state index in [1.807, 2.05) is 0 Å². The zero-order valence-electron chi connectivity index (χ0n) is 11.8. The van der Waals surface area contributed by atoms with Crippen molar-refractivity contribution < 1.29 is 0 Å². The van der Waals surface area contributed by atoms with Gasteiger partial charge in [0.25, 0.3) is 0 Å². The van der Waals surface area contributed by atoms with Gasteiger partial charge in [-0.15, -0.1) is 0 Å². The minimum Gasteiger partial charge on any atom is -0.166 e. The summed E-state index contributed by atoms with van der Waals surface area (Å²) < 4.78 is 0. The van der Waals surface area contributed by atoms with Gasteiger partial charge in [0.05, 0.1) is 10.5 Å². The lowest BCUT2D eigenvalue weighted by atomic mass is 9.98. The highest BCUT2D eigenvalue weighted by atomic mass is 32.1. The molecule has 22 heavy (non-hydrogen) atoms. The largest absolute Gasteiger partial charge is 0.166 e. The second-order valence-electron chi connectivity index (χ2n) is 6.01. The fourth-order valence-electron chi connectivity index (χ4n) is 3.85. The van der Waals surface area contributed by atoms with Crippen LogP contribution in [0.2, 0.25) is 0 Å². The molecular formula is C20H14S2. The van der Waals surface area contributed by atoms with Crippen molar-refractivity contribution in [1.29, 1.82) is 0 Å². The molecule has 0 bridgehead atoms. The first-order valence-electron chi connectivity index (χ1n) is 7.48. The molecule has 2 atom stereocenters. The van der Waals surface area contributed by atoms with Crippen molar-refractivity contribution >= 4 is 25.3 Å². The topological polar surface area (TPSA) is 0 Å². The van der Waals surface area contributed by atoms with Gasteiger partial charge in [-0.05, 0) is 56.6 Å². The van der Waals surface area contributed by atoms with Crippen LogP contribution in [0.3, 0.4) is 0 Å². The molecule has 0 N–H and O–H groups in total. The molecule has 0 aliphatic heterocycles. The van der Waals surface area contributed by atoms with Gasteiger partial charge in [-0.1, -0.05) is 48.5 Å². The molecule has 2 heteroatoms. The minimum absolute atomic E-state index is 0.169. The summed E-state index contributed by atoms with van der Waals surface area (Å²) >= 11 is 9.73. The molecule has 0 radical (unpaired) electrons. The monoisotopic (exact) mass is 318 g/mol. The standard InChI is InChI=1S/C20H14S2/c21-19-13-7-3-1-5-11(13)15-9-18-16(10-17(15)19)12-6-2-4-8-14(12)20(18)22/h1-10,19-22H.